The Labute approximate surface area is 260 Å². The Morgan fingerprint density at radius 2 is 1.64 bits per heavy atom. The molecule has 14 nitrogen and oxygen atoms in total. The molecule has 3 saturated carbocycles. The smallest absolute Gasteiger partial charge is 0.478 e. The number of aliphatic hydroxyl groups excluding tert-OH is 2. The van der Waals surface area contributed by atoms with Crippen LogP contribution in [0.2, 0.25) is 0 Å². The van der Waals surface area contributed by atoms with Gasteiger partial charge in [-0.15, -0.1) is 0 Å². The highest BCUT2D eigenvalue weighted by Gasteiger charge is 2.78. The molecule has 14 heteroatoms. The molecule has 0 radical (unpaired) electrons. The van der Waals surface area contributed by atoms with Crippen molar-refractivity contribution in [3.05, 3.63) is 11.1 Å². The molecule has 1 saturated heterocycles. The van der Waals surface area contributed by atoms with E-state index in [0.29, 0.717) is 12.8 Å². The Morgan fingerprint density at radius 3 is 2.18 bits per heavy atom. The summed E-state index contributed by atoms with van der Waals surface area (Å²) in [6.45, 7) is 4.83. The first-order valence-corrected chi connectivity index (χ1v) is 15.3. The Morgan fingerprint density at radius 1 is 1.00 bits per heavy atom. The number of aliphatic carboxylic acids is 1. The van der Waals surface area contributed by atoms with Crippen LogP contribution in [0.1, 0.15) is 72.6 Å². The minimum atomic E-state index is -2.36. The van der Waals surface area contributed by atoms with Gasteiger partial charge in [0.05, 0.1) is 48.7 Å². The van der Waals surface area contributed by atoms with Crippen LogP contribution >= 0.6 is 0 Å². The van der Waals surface area contributed by atoms with Gasteiger partial charge in [0.2, 0.25) is 0 Å². The van der Waals surface area contributed by atoms with Crippen molar-refractivity contribution in [2.24, 2.45) is 22.7 Å². The van der Waals surface area contributed by atoms with Gasteiger partial charge >= 0.3 is 24.1 Å². The van der Waals surface area contributed by atoms with Crippen molar-refractivity contribution in [1.82, 2.24) is 0 Å². The summed E-state index contributed by atoms with van der Waals surface area (Å²) in [6.07, 6.45) is -6.88. The molecule has 0 amide bonds. The SMILES string of the molecule is COC(=O)O[C@@]12CO[C@@H]1C[C@H](O)[C@@]1(C)C(=O)[C@H](OC(C)=O)C3=C(C(=O)O)[C@@H](O)C[C@@](O)([C@@H](OC(=O)C4CCCCC4)C12)C3(C)C. The first-order chi connectivity index (χ1) is 21.0. The predicted molar refractivity (Wildman–Crippen MR) is 149 cm³/mol. The molecule has 0 aromatic heterocycles. The number of carbonyl (C=O) groups is 5. The van der Waals surface area contributed by atoms with Crippen molar-refractivity contribution >= 4 is 29.8 Å². The van der Waals surface area contributed by atoms with Crippen LogP contribution in [0.5, 0.6) is 0 Å². The van der Waals surface area contributed by atoms with E-state index in [4.69, 9.17) is 23.7 Å². The summed E-state index contributed by atoms with van der Waals surface area (Å²) in [5, 5.41) is 46.2. The summed E-state index contributed by atoms with van der Waals surface area (Å²) in [5.41, 5.74) is -9.10. The lowest BCUT2D eigenvalue weighted by Gasteiger charge is -2.67. The Bertz CT molecular complexity index is 1310. The van der Waals surface area contributed by atoms with E-state index in [-0.39, 0.29) is 13.0 Å². The lowest BCUT2D eigenvalue weighted by atomic mass is 9.44. The fourth-order valence-corrected chi connectivity index (χ4v) is 8.62. The molecular weight excluding hydrogens is 596 g/mol. The number of carboxylic acids is 1. The molecule has 0 spiro atoms. The monoisotopic (exact) mass is 638 g/mol. The minimum Gasteiger partial charge on any atom is -0.478 e. The standard InChI is InChI=1S/C31H42O14/c1-14(32)43-21-20-19(25(36)37)16(33)12-31(40,28(20,2)3)24(44-26(38)15-9-7-6-8-10-15)22-29(4,23(21)35)17(34)11-18-30(22,13-42-18)45-27(39)41-5/h15-18,21-22,24,33-34,40H,6-13H2,1-5H3,(H,36,37)/t16-,17-,18+,21+,22?,24-,29+,30-,31+/m0/s1. The van der Waals surface area contributed by atoms with E-state index in [0.717, 1.165) is 33.3 Å². The quantitative estimate of drug-likeness (QED) is 0.246. The number of ketones is 1. The van der Waals surface area contributed by atoms with E-state index in [1.54, 1.807) is 0 Å². The molecule has 4 N–H and O–H groups in total. The third kappa shape index (κ3) is 4.78. The highest BCUT2D eigenvalue weighted by atomic mass is 16.8. The molecular formula is C31H42O14. The number of carbonyl (C=O) groups excluding carboxylic acids is 4. The van der Waals surface area contributed by atoms with E-state index in [2.05, 4.69) is 0 Å². The van der Waals surface area contributed by atoms with Gasteiger partial charge < -0.3 is 44.1 Å². The van der Waals surface area contributed by atoms with Crippen molar-refractivity contribution in [1.29, 1.82) is 0 Å². The molecule has 1 heterocycles. The maximum atomic E-state index is 14.9. The molecule has 5 rings (SSSR count). The van der Waals surface area contributed by atoms with E-state index in [1.165, 1.54) is 20.8 Å². The molecule has 5 aliphatic rings. The number of ether oxygens (including phenoxy) is 5. The third-order valence-electron chi connectivity index (χ3n) is 11.2. The van der Waals surface area contributed by atoms with Gasteiger partial charge in [-0.25, -0.2) is 9.59 Å². The highest BCUT2D eigenvalue weighted by molar-refractivity contribution is 5.98. The zero-order valence-electron chi connectivity index (χ0n) is 26.1. The van der Waals surface area contributed by atoms with Crippen molar-refractivity contribution in [3.63, 3.8) is 0 Å². The van der Waals surface area contributed by atoms with Gasteiger partial charge in [0.1, 0.15) is 17.8 Å². The number of hydrogen-bond donors (Lipinski definition) is 4. The van der Waals surface area contributed by atoms with Gasteiger partial charge in [-0.05, 0) is 25.3 Å². The van der Waals surface area contributed by atoms with Crippen molar-refractivity contribution in [2.45, 2.75) is 114 Å². The van der Waals surface area contributed by atoms with Crippen molar-refractivity contribution < 1.29 is 68.1 Å². The van der Waals surface area contributed by atoms with Gasteiger partial charge in [0.25, 0.3) is 0 Å². The molecule has 4 fully saturated rings. The lowest BCUT2D eigenvalue weighted by Crippen LogP contribution is -2.82. The van der Waals surface area contributed by atoms with E-state index in [9.17, 15) is 44.4 Å². The predicted octanol–water partition coefficient (Wildman–Crippen LogP) is 1.20. The highest BCUT2D eigenvalue weighted by Crippen LogP contribution is 2.64. The molecule has 1 aliphatic heterocycles. The average Bonchev–Trinajstić information content (AvgIpc) is 2.97. The van der Waals surface area contributed by atoms with Crippen LogP contribution in [0.3, 0.4) is 0 Å². The number of esters is 2. The summed E-state index contributed by atoms with van der Waals surface area (Å²) >= 11 is 0. The molecule has 2 bridgehead atoms. The fraction of sp³-hybridized carbons (Fsp3) is 0.774. The Hall–Kier alpha value is -3.07. The maximum absolute atomic E-state index is 14.9. The van der Waals surface area contributed by atoms with Crippen LogP contribution in [0, 0.1) is 22.7 Å². The molecule has 0 aromatic rings. The second-order valence-electron chi connectivity index (χ2n) is 13.8. The van der Waals surface area contributed by atoms with Gasteiger partial charge in [0, 0.05) is 25.2 Å². The van der Waals surface area contributed by atoms with Gasteiger partial charge in [-0.3, -0.25) is 14.4 Å². The van der Waals surface area contributed by atoms with Crippen LogP contribution in [0.25, 0.3) is 0 Å². The molecule has 250 valence electrons. The van der Waals surface area contributed by atoms with Crippen molar-refractivity contribution in [3.8, 4) is 0 Å². The molecule has 0 aromatic carbocycles. The van der Waals surface area contributed by atoms with Crippen LogP contribution in [-0.4, -0.2) is 106 Å². The number of fused-ring (bicyclic) bond motifs is 5. The van der Waals surface area contributed by atoms with Crippen LogP contribution < -0.4 is 0 Å². The van der Waals surface area contributed by atoms with Gasteiger partial charge in [-0.2, -0.15) is 0 Å². The number of carboxylic acid groups (broad SMARTS) is 1. The minimum absolute atomic E-state index is 0.249. The molecule has 45 heavy (non-hydrogen) atoms. The first kappa shape index (κ1) is 33.3. The molecule has 9 atom stereocenters. The average molecular weight is 639 g/mol. The van der Waals surface area contributed by atoms with Crippen molar-refractivity contribution in [2.75, 3.05) is 13.7 Å². The van der Waals surface area contributed by atoms with Gasteiger partial charge in [-0.1, -0.05) is 33.1 Å². The fourth-order valence-electron chi connectivity index (χ4n) is 8.62. The first-order valence-electron chi connectivity index (χ1n) is 15.3. The van der Waals surface area contributed by atoms with E-state index < -0.39 is 112 Å². The summed E-state index contributed by atoms with van der Waals surface area (Å²) in [4.78, 5) is 66.6. The van der Waals surface area contributed by atoms with E-state index >= 15 is 0 Å². The topological polar surface area (TPSA) is 212 Å². The zero-order chi connectivity index (χ0) is 33.3. The van der Waals surface area contributed by atoms with Crippen LogP contribution in [-0.2, 0) is 42.9 Å². The number of Topliss-reactive ketones (excluding diaryl/α,β-unsaturated/α-hetero) is 1. The second-order valence-corrected chi connectivity index (χ2v) is 13.8. The van der Waals surface area contributed by atoms with E-state index in [1.807, 2.05) is 0 Å². The van der Waals surface area contributed by atoms with Gasteiger partial charge in [0.15, 0.2) is 17.5 Å². The Balaban J connectivity index is 1.84. The summed E-state index contributed by atoms with van der Waals surface area (Å²) < 4.78 is 28.1. The second kappa shape index (κ2) is 11.3. The lowest BCUT2D eigenvalue weighted by molar-refractivity contribution is -0.346. The normalized spacial score (nSPS) is 40.8. The molecule has 4 aliphatic carbocycles. The number of rotatable bonds is 5. The summed E-state index contributed by atoms with van der Waals surface area (Å²) in [5.74, 6) is -6.34. The Kier molecular flexibility index (Phi) is 8.38. The number of methoxy groups -OCH3 is 1. The number of aliphatic hydroxyl groups is 3. The third-order valence-corrected chi connectivity index (χ3v) is 11.2. The summed E-state index contributed by atoms with van der Waals surface area (Å²) in [7, 11) is 1.07. The maximum Gasteiger partial charge on any atom is 0.508 e. The zero-order valence-corrected chi connectivity index (χ0v) is 26.1. The largest absolute Gasteiger partial charge is 0.508 e. The molecule has 1 unspecified atom stereocenters. The summed E-state index contributed by atoms with van der Waals surface area (Å²) in [6, 6.07) is 0. The van der Waals surface area contributed by atoms with Crippen LogP contribution in [0.4, 0.5) is 4.79 Å². The van der Waals surface area contributed by atoms with Crippen LogP contribution in [0.15, 0.2) is 11.1 Å². The number of hydrogen-bond acceptors (Lipinski definition) is 13.